The molecule has 1 aromatic heterocycles. The maximum absolute atomic E-state index is 13.3. The van der Waals surface area contributed by atoms with Crippen LogP contribution < -0.4 is 11.1 Å². The van der Waals surface area contributed by atoms with Crippen molar-refractivity contribution in [2.75, 3.05) is 6.54 Å². The van der Waals surface area contributed by atoms with Crippen LogP contribution in [-0.4, -0.2) is 46.4 Å². The highest BCUT2D eigenvalue weighted by molar-refractivity contribution is 5.97. The third-order valence-electron chi connectivity index (χ3n) is 5.88. The van der Waals surface area contributed by atoms with Crippen molar-refractivity contribution in [2.24, 2.45) is 23.0 Å². The summed E-state index contributed by atoms with van der Waals surface area (Å²) in [6.07, 6.45) is -2.13. The summed E-state index contributed by atoms with van der Waals surface area (Å²) in [5, 5.41) is 5.63. The Hall–Kier alpha value is -2.59. The van der Waals surface area contributed by atoms with Gasteiger partial charge in [-0.3, -0.25) is 14.4 Å². The molecule has 3 rings (SSSR count). The number of hydrogen-bond donors (Lipinski definition) is 2. The van der Waals surface area contributed by atoms with Crippen molar-refractivity contribution in [3.05, 3.63) is 17.5 Å². The molecule has 1 saturated carbocycles. The lowest BCUT2D eigenvalue weighted by Gasteiger charge is -2.35. The Morgan fingerprint density at radius 1 is 1.27 bits per heavy atom. The quantitative estimate of drug-likeness (QED) is 0.757. The smallest absolute Gasteiger partial charge is 0.368 e. The highest BCUT2D eigenvalue weighted by Gasteiger charge is 2.51. The zero-order valence-electron chi connectivity index (χ0n) is 17.0. The fraction of sp³-hybridized carbons (Fsp3) is 0.684. The fourth-order valence-corrected chi connectivity index (χ4v) is 4.43. The van der Waals surface area contributed by atoms with Crippen LogP contribution in [0.1, 0.15) is 56.3 Å². The van der Waals surface area contributed by atoms with Gasteiger partial charge < -0.3 is 20.5 Å². The molecule has 30 heavy (non-hydrogen) atoms. The second-order valence-corrected chi connectivity index (χ2v) is 9.04. The van der Waals surface area contributed by atoms with Crippen LogP contribution in [0.2, 0.25) is 0 Å². The molecule has 0 spiro atoms. The van der Waals surface area contributed by atoms with Crippen molar-refractivity contribution in [3.8, 4) is 0 Å². The van der Waals surface area contributed by atoms with Gasteiger partial charge in [0.1, 0.15) is 12.1 Å². The number of amides is 3. The van der Waals surface area contributed by atoms with Crippen molar-refractivity contribution in [1.82, 2.24) is 15.4 Å². The van der Waals surface area contributed by atoms with Crippen LogP contribution in [0.4, 0.5) is 13.2 Å². The van der Waals surface area contributed by atoms with Gasteiger partial charge in [-0.05, 0) is 30.1 Å². The summed E-state index contributed by atoms with van der Waals surface area (Å²) in [4.78, 5) is 39.4. The summed E-state index contributed by atoms with van der Waals surface area (Å²) in [6, 6.07) is -1.38. The van der Waals surface area contributed by atoms with Gasteiger partial charge in [0, 0.05) is 12.6 Å². The van der Waals surface area contributed by atoms with Crippen molar-refractivity contribution in [1.29, 1.82) is 0 Å². The number of rotatable bonds is 4. The van der Waals surface area contributed by atoms with E-state index in [2.05, 4.69) is 15.0 Å². The number of fused-ring (bicyclic) bond motifs is 1. The van der Waals surface area contributed by atoms with Crippen LogP contribution in [-0.2, 0) is 15.8 Å². The molecule has 1 aromatic rings. The largest absolute Gasteiger partial charge is 0.452 e. The SMILES string of the molecule is CC(C)(C)C(NC(=O)c1cc(C(F)(F)F)on1)C(=O)N1CC2CCCC2C1C(N)=O. The van der Waals surface area contributed by atoms with E-state index in [1.54, 1.807) is 20.8 Å². The third kappa shape index (κ3) is 4.15. The van der Waals surface area contributed by atoms with E-state index in [1.165, 1.54) is 4.90 Å². The minimum Gasteiger partial charge on any atom is -0.368 e. The number of likely N-dealkylation sites (tertiary alicyclic amines) is 1. The molecule has 0 bridgehead atoms. The number of halogens is 3. The van der Waals surface area contributed by atoms with E-state index in [0.717, 1.165) is 19.3 Å². The van der Waals surface area contributed by atoms with Crippen molar-refractivity contribution < 1.29 is 32.1 Å². The highest BCUT2D eigenvalue weighted by Crippen LogP contribution is 2.43. The topological polar surface area (TPSA) is 119 Å². The summed E-state index contributed by atoms with van der Waals surface area (Å²) in [7, 11) is 0. The molecule has 0 radical (unpaired) electrons. The summed E-state index contributed by atoms with van der Waals surface area (Å²) >= 11 is 0. The number of primary amides is 1. The average molecular weight is 430 g/mol. The number of aromatic nitrogens is 1. The summed E-state index contributed by atoms with van der Waals surface area (Å²) in [5.41, 5.74) is 4.20. The molecule has 4 atom stereocenters. The molecule has 2 aliphatic rings. The Morgan fingerprint density at radius 3 is 2.47 bits per heavy atom. The molecule has 2 fully saturated rings. The minimum absolute atomic E-state index is 0.00680. The van der Waals surface area contributed by atoms with E-state index in [-0.39, 0.29) is 11.8 Å². The average Bonchev–Trinajstić information content (AvgIpc) is 3.30. The van der Waals surface area contributed by atoms with E-state index in [1.807, 2.05) is 0 Å². The molecule has 1 saturated heterocycles. The summed E-state index contributed by atoms with van der Waals surface area (Å²) in [6.45, 7) is 5.48. The first kappa shape index (κ1) is 22.1. The van der Waals surface area contributed by atoms with E-state index in [4.69, 9.17) is 5.73 Å². The molecule has 2 heterocycles. The lowest BCUT2D eigenvalue weighted by atomic mass is 9.85. The fourth-order valence-electron chi connectivity index (χ4n) is 4.43. The number of hydrogen-bond acceptors (Lipinski definition) is 5. The van der Waals surface area contributed by atoms with Crippen LogP contribution >= 0.6 is 0 Å². The van der Waals surface area contributed by atoms with E-state index in [0.29, 0.717) is 12.6 Å². The number of nitrogens with two attached hydrogens (primary N) is 1. The number of alkyl halides is 3. The molecule has 1 aliphatic carbocycles. The van der Waals surface area contributed by atoms with Crippen LogP contribution in [0.25, 0.3) is 0 Å². The lowest BCUT2D eigenvalue weighted by molar-refractivity contribution is -0.155. The zero-order valence-corrected chi connectivity index (χ0v) is 17.0. The lowest BCUT2D eigenvalue weighted by Crippen LogP contribution is -2.58. The monoisotopic (exact) mass is 430 g/mol. The predicted octanol–water partition coefficient (Wildman–Crippen LogP) is 1.95. The number of carbonyl (C=O) groups is 3. The molecule has 1 aliphatic heterocycles. The van der Waals surface area contributed by atoms with Gasteiger partial charge >= 0.3 is 6.18 Å². The van der Waals surface area contributed by atoms with Gasteiger partial charge in [0.05, 0.1) is 0 Å². The van der Waals surface area contributed by atoms with Crippen LogP contribution in [0.3, 0.4) is 0 Å². The van der Waals surface area contributed by atoms with Crippen LogP contribution in [0.5, 0.6) is 0 Å². The Labute approximate surface area is 171 Å². The van der Waals surface area contributed by atoms with Crippen LogP contribution in [0.15, 0.2) is 10.6 Å². The standard InChI is InChI=1S/C19H25F3N4O4/c1-18(2,3)14(24-16(28)11-7-12(30-25-11)19(20,21)22)17(29)26-8-9-5-4-6-10(9)13(26)15(23)27/h7,9-10,13-14H,4-6,8H2,1-3H3,(H2,23,27)(H,24,28). The molecule has 8 nitrogen and oxygen atoms in total. The first-order valence-electron chi connectivity index (χ1n) is 9.75. The predicted molar refractivity (Wildman–Crippen MR) is 97.7 cm³/mol. The second-order valence-electron chi connectivity index (χ2n) is 9.04. The Balaban J connectivity index is 1.82. The van der Waals surface area contributed by atoms with Crippen LogP contribution in [0, 0.1) is 17.3 Å². The Bertz CT molecular complexity index is 846. The van der Waals surface area contributed by atoms with E-state index < -0.39 is 52.9 Å². The summed E-state index contributed by atoms with van der Waals surface area (Å²) < 4.78 is 42.3. The maximum Gasteiger partial charge on any atom is 0.452 e. The molecule has 3 N–H and O–H groups in total. The van der Waals surface area contributed by atoms with Gasteiger partial charge in [-0.15, -0.1) is 0 Å². The first-order valence-corrected chi connectivity index (χ1v) is 9.75. The molecule has 166 valence electrons. The van der Waals surface area contributed by atoms with Crippen molar-refractivity contribution in [2.45, 2.75) is 58.3 Å². The molecule has 11 heteroatoms. The Morgan fingerprint density at radius 2 is 1.93 bits per heavy atom. The van der Waals surface area contributed by atoms with Gasteiger partial charge in [-0.2, -0.15) is 13.2 Å². The van der Waals surface area contributed by atoms with Crippen molar-refractivity contribution >= 4 is 17.7 Å². The normalized spacial score (nSPS) is 25.1. The third-order valence-corrected chi connectivity index (χ3v) is 5.88. The van der Waals surface area contributed by atoms with Gasteiger partial charge in [-0.1, -0.05) is 32.3 Å². The van der Waals surface area contributed by atoms with E-state index >= 15 is 0 Å². The Kier molecular flexibility index (Phi) is 5.59. The minimum atomic E-state index is -4.78. The highest BCUT2D eigenvalue weighted by atomic mass is 19.4. The first-order chi connectivity index (χ1) is 13.8. The molecule has 0 aromatic carbocycles. The molecular weight excluding hydrogens is 405 g/mol. The number of carbonyl (C=O) groups excluding carboxylic acids is 3. The van der Waals surface area contributed by atoms with Gasteiger partial charge in [-0.25, -0.2) is 0 Å². The van der Waals surface area contributed by atoms with Gasteiger partial charge in [0.2, 0.25) is 17.6 Å². The summed E-state index contributed by atoms with van der Waals surface area (Å²) in [5.74, 6) is -3.30. The van der Waals surface area contributed by atoms with Crippen molar-refractivity contribution in [3.63, 3.8) is 0 Å². The zero-order chi connectivity index (χ0) is 22.4. The maximum atomic E-state index is 13.3. The van der Waals surface area contributed by atoms with Gasteiger partial charge in [0.25, 0.3) is 5.91 Å². The second kappa shape index (κ2) is 7.59. The molecule has 4 unspecified atom stereocenters. The molecular formula is C19H25F3N4O4. The number of nitrogens with zero attached hydrogens (tertiary/aromatic N) is 2. The number of nitrogens with one attached hydrogen (secondary N) is 1. The molecule has 3 amide bonds. The van der Waals surface area contributed by atoms with E-state index in [9.17, 15) is 27.6 Å². The van der Waals surface area contributed by atoms with Gasteiger partial charge in [0.15, 0.2) is 5.69 Å².